The van der Waals surface area contributed by atoms with E-state index < -0.39 is 12.0 Å². The molecule has 0 amide bonds. The standard InChI is InChI=1S/C9H15NO4/c1-2-6-14-8(11)5-3-4-7(10)9(12)13/h2,7H,1,3-6,10H2,(H,12,13)/t7-/m1/s1. The smallest absolute Gasteiger partial charge is 0.320 e. The highest BCUT2D eigenvalue weighted by Gasteiger charge is 2.11. The summed E-state index contributed by atoms with van der Waals surface area (Å²) in [4.78, 5) is 21.2. The number of carboxylic acids is 1. The van der Waals surface area contributed by atoms with E-state index in [2.05, 4.69) is 11.3 Å². The molecule has 0 aliphatic heterocycles. The summed E-state index contributed by atoms with van der Waals surface area (Å²) in [6.07, 6.45) is 2.36. The summed E-state index contributed by atoms with van der Waals surface area (Å²) < 4.78 is 4.69. The zero-order chi connectivity index (χ0) is 11.0. The summed E-state index contributed by atoms with van der Waals surface area (Å²) >= 11 is 0. The fourth-order valence-corrected chi connectivity index (χ4v) is 0.814. The van der Waals surface area contributed by atoms with Gasteiger partial charge in [-0.05, 0) is 12.8 Å². The fourth-order valence-electron chi connectivity index (χ4n) is 0.814. The number of carboxylic acid groups (broad SMARTS) is 1. The van der Waals surface area contributed by atoms with Gasteiger partial charge in [-0.3, -0.25) is 9.59 Å². The molecule has 0 radical (unpaired) electrons. The summed E-state index contributed by atoms with van der Waals surface area (Å²) in [7, 11) is 0. The largest absolute Gasteiger partial charge is 0.480 e. The Morgan fingerprint density at radius 3 is 2.71 bits per heavy atom. The third-order valence-electron chi connectivity index (χ3n) is 1.58. The van der Waals surface area contributed by atoms with Gasteiger partial charge in [0.05, 0.1) is 0 Å². The van der Waals surface area contributed by atoms with Crippen LogP contribution in [0.3, 0.4) is 0 Å². The van der Waals surface area contributed by atoms with Gasteiger partial charge < -0.3 is 15.6 Å². The van der Waals surface area contributed by atoms with Crippen LogP contribution in [-0.2, 0) is 14.3 Å². The highest BCUT2D eigenvalue weighted by Crippen LogP contribution is 2.00. The van der Waals surface area contributed by atoms with Crippen LogP contribution in [0, 0.1) is 0 Å². The maximum atomic E-state index is 10.9. The molecule has 5 nitrogen and oxygen atoms in total. The van der Waals surface area contributed by atoms with Crippen LogP contribution in [0.25, 0.3) is 0 Å². The predicted molar refractivity (Wildman–Crippen MR) is 50.6 cm³/mol. The number of rotatable bonds is 7. The van der Waals surface area contributed by atoms with E-state index in [0.29, 0.717) is 6.42 Å². The van der Waals surface area contributed by atoms with Gasteiger partial charge in [0, 0.05) is 6.42 Å². The number of nitrogens with two attached hydrogens (primary N) is 1. The molecule has 80 valence electrons. The molecule has 0 aromatic carbocycles. The van der Waals surface area contributed by atoms with Crippen molar-refractivity contribution in [1.29, 1.82) is 0 Å². The first kappa shape index (κ1) is 12.6. The van der Waals surface area contributed by atoms with Crippen LogP contribution in [0.2, 0.25) is 0 Å². The first-order valence-electron chi connectivity index (χ1n) is 4.32. The zero-order valence-corrected chi connectivity index (χ0v) is 7.94. The molecule has 5 heteroatoms. The van der Waals surface area contributed by atoms with Crippen LogP contribution in [-0.4, -0.2) is 29.7 Å². The van der Waals surface area contributed by atoms with Crippen molar-refractivity contribution in [3.8, 4) is 0 Å². The molecule has 0 aliphatic carbocycles. The van der Waals surface area contributed by atoms with Gasteiger partial charge in [-0.1, -0.05) is 12.7 Å². The average molecular weight is 201 g/mol. The zero-order valence-electron chi connectivity index (χ0n) is 7.94. The Kier molecular flexibility index (Phi) is 6.39. The van der Waals surface area contributed by atoms with Crippen LogP contribution in [0.15, 0.2) is 12.7 Å². The van der Waals surface area contributed by atoms with E-state index in [0.717, 1.165) is 0 Å². The lowest BCUT2D eigenvalue weighted by atomic mass is 10.1. The van der Waals surface area contributed by atoms with Gasteiger partial charge in [0.2, 0.25) is 0 Å². The van der Waals surface area contributed by atoms with E-state index in [9.17, 15) is 9.59 Å². The van der Waals surface area contributed by atoms with E-state index in [4.69, 9.17) is 10.8 Å². The molecule has 0 spiro atoms. The summed E-state index contributed by atoms with van der Waals surface area (Å²) in [6, 6.07) is -0.901. The maximum absolute atomic E-state index is 10.9. The van der Waals surface area contributed by atoms with Gasteiger partial charge in [-0.25, -0.2) is 0 Å². The summed E-state index contributed by atoms with van der Waals surface area (Å²) in [5.41, 5.74) is 5.24. The van der Waals surface area contributed by atoms with Crippen molar-refractivity contribution < 1.29 is 19.4 Å². The third-order valence-corrected chi connectivity index (χ3v) is 1.58. The number of aliphatic carboxylic acids is 1. The van der Waals surface area contributed by atoms with E-state index in [1.807, 2.05) is 0 Å². The number of hydrogen-bond donors (Lipinski definition) is 2. The second-order valence-electron chi connectivity index (χ2n) is 2.81. The van der Waals surface area contributed by atoms with Crippen molar-refractivity contribution in [1.82, 2.24) is 0 Å². The highest BCUT2D eigenvalue weighted by molar-refractivity contribution is 5.73. The molecule has 0 bridgehead atoms. The lowest BCUT2D eigenvalue weighted by Crippen LogP contribution is -2.29. The van der Waals surface area contributed by atoms with Gasteiger partial charge in [0.25, 0.3) is 0 Å². The molecular formula is C9H15NO4. The summed E-state index contributed by atoms with van der Waals surface area (Å²) in [5, 5.41) is 8.43. The Bertz CT molecular complexity index is 215. The molecular weight excluding hydrogens is 186 g/mol. The van der Waals surface area contributed by atoms with Gasteiger partial charge in [-0.15, -0.1) is 0 Å². The number of hydrogen-bond acceptors (Lipinski definition) is 4. The first-order chi connectivity index (χ1) is 6.57. The second kappa shape index (κ2) is 7.08. The first-order valence-corrected chi connectivity index (χ1v) is 4.32. The van der Waals surface area contributed by atoms with E-state index >= 15 is 0 Å². The topological polar surface area (TPSA) is 89.6 Å². The Balaban J connectivity index is 3.48. The number of carbonyl (C=O) groups is 2. The van der Waals surface area contributed by atoms with Crippen LogP contribution in [0.5, 0.6) is 0 Å². The molecule has 0 unspecified atom stereocenters. The lowest BCUT2D eigenvalue weighted by Gasteiger charge is -2.05. The van der Waals surface area contributed by atoms with Crippen molar-refractivity contribution in [3.05, 3.63) is 12.7 Å². The maximum Gasteiger partial charge on any atom is 0.320 e. The Morgan fingerprint density at radius 1 is 1.57 bits per heavy atom. The third kappa shape index (κ3) is 6.19. The molecule has 0 rings (SSSR count). The monoisotopic (exact) mass is 201 g/mol. The van der Waals surface area contributed by atoms with Crippen LogP contribution >= 0.6 is 0 Å². The van der Waals surface area contributed by atoms with E-state index in [1.54, 1.807) is 0 Å². The number of ether oxygens (including phenoxy) is 1. The van der Waals surface area contributed by atoms with Crippen molar-refractivity contribution in [2.24, 2.45) is 5.73 Å². The van der Waals surface area contributed by atoms with Gasteiger partial charge in [0.1, 0.15) is 12.6 Å². The van der Waals surface area contributed by atoms with Gasteiger partial charge in [0.15, 0.2) is 0 Å². The minimum absolute atomic E-state index is 0.184. The number of esters is 1. The quantitative estimate of drug-likeness (QED) is 0.456. The molecule has 1 atom stereocenters. The second-order valence-corrected chi connectivity index (χ2v) is 2.81. The predicted octanol–water partition coefficient (Wildman–Crippen LogP) is 0.298. The molecule has 0 heterocycles. The minimum Gasteiger partial charge on any atom is -0.480 e. The Hall–Kier alpha value is -1.36. The molecule has 0 saturated carbocycles. The Morgan fingerprint density at radius 2 is 2.21 bits per heavy atom. The van der Waals surface area contributed by atoms with Crippen LogP contribution in [0.4, 0.5) is 0 Å². The summed E-state index contributed by atoms with van der Waals surface area (Å²) in [5.74, 6) is -1.41. The number of carbonyl (C=O) groups excluding carboxylic acids is 1. The van der Waals surface area contributed by atoms with Gasteiger partial charge >= 0.3 is 11.9 Å². The van der Waals surface area contributed by atoms with E-state index in [1.165, 1.54) is 6.08 Å². The summed E-state index contributed by atoms with van der Waals surface area (Å²) in [6.45, 7) is 3.57. The molecule has 14 heavy (non-hydrogen) atoms. The van der Waals surface area contributed by atoms with Gasteiger partial charge in [-0.2, -0.15) is 0 Å². The molecule has 0 aliphatic rings. The minimum atomic E-state index is -1.05. The molecule has 0 aromatic rings. The van der Waals surface area contributed by atoms with Crippen molar-refractivity contribution in [2.45, 2.75) is 25.3 Å². The van der Waals surface area contributed by atoms with E-state index in [-0.39, 0.29) is 25.4 Å². The average Bonchev–Trinajstić information content (AvgIpc) is 2.14. The lowest BCUT2D eigenvalue weighted by molar-refractivity contribution is -0.143. The molecule has 0 fully saturated rings. The normalized spacial score (nSPS) is 11.8. The fraction of sp³-hybridized carbons (Fsp3) is 0.556. The van der Waals surface area contributed by atoms with Crippen molar-refractivity contribution in [2.75, 3.05) is 6.61 Å². The van der Waals surface area contributed by atoms with Crippen molar-refractivity contribution >= 4 is 11.9 Å². The highest BCUT2D eigenvalue weighted by atomic mass is 16.5. The van der Waals surface area contributed by atoms with Crippen LogP contribution < -0.4 is 5.73 Å². The van der Waals surface area contributed by atoms with Crippen LogP contribution in [0.1, 0.15) is 19.3 Å². The molecule has 3 N–H and O–H groups in total. The van der Waals surface area contributed by atoms with Crippen molar-refractivity contribution in [3.63, 3.8) is 0 Å². The molecule has 0 saturated heterocycles. The molecule has 0 aromatic heterocycles. The Labute approximate surface area is 82.5 Å². The SMILES string of the molecule is C=CCOC(=O)CCC[C@@H](N)C(=O)O.